The highest BCUT2D eigenvalue weighted by molar-refractivity contribution is 7.80. The maximum Gasteiger partial charge on any atom is 0.223 e. The van der Waals surface area contributed by atoms with Gasteiger partial charge < -0.3 is 16.4 Å². The molecule has 1 amide bonds. The van der Waals surface area contributed by atoms with Gasteiger partial charge in [0.1, 0.15) is 4.99 Å². The Kier molecular flexibility index (Phi) is 4.61. The van der Waals surface area contributed by atoms with Crippen LogP contribution < -0.4 is 16.4 Å². The highest BCUT2D eigenvalue weighted by Crippen LogP contribution is 2.28. The first kappa shape index (κ1) is 14.1. The standard InChI is InChI=1S/C13H16ClN3OS/c14-9-3-4-10(12(15)19)11(7-9)16-5-6-17-13(18)8-1-2-8/h3-4,7-8,16H,1-2,5-6H2,(H2,15,19)(H,17,18). The normalized spacial score (nSPS) is 13.9. The number of halogens is 1. The van der Waals surface area contributed by atoms with Gasteiger partial charge in [-0.25, -0.2) is 0 Å². The number of rotatable bonds is 6. The second-order valence-electron chi connectivity index (χ2n) is 4.55. The minimum atomic E-state index is 0.141. The Bertz CT molecular complexity index is 503. The zero-order chi connectivity index (χ0) is 13.8. The molecule has 19 heavy (non-hydrogen) atoms. The molecule has 0 radical (unpaired) electrons. The Labute approximate surface area is 122 Å². The van der Waals surface area contributed by atoms with E-state index in [1.165, 1.54) is 0 Å². The minimum Gasteiger partial charge on any atom is -0.389 e. The molecule has 0 bridgehead atoms. The molecule has 0 spiro atoms. The minimum absolute atomic E-state index is 0.141. The van der Waals surface area contributed by atoms with Crippen LogP contribution >= 0.6 is 23.8 Å². The lowest BCUT2D eigenvalue weighted by atomic mass is 10.2. The number of carbonyl (C=O) groups is 1. The molecule has 0 heterocycles. The van der Waals surface area contributed by atoms with Crippen molar-refractivity contribution < 1.29 is 4.79 Å². The third-order valence-corrected chi connectivity index (χ3v) is 3.39. The number of thiocarbonyl (C=S) groups is 1. The van der Waals surface area contributed by atoms with E-state index in [1.807, 2.05) is 0 Å². The van der Waals surface area contributed by atoms with Crippen molar-refractivity contribution in [3.63, 3.8) is 0 Å². The van der Waals surface area contributed by atoms with Crippen LogP contribution in [0.1, 0.15) is 18.4 Å². The summed E-state index contributed by atoms with van der Waals surface area (Å²) in [5, 5.41) is 6.68. The Morgan fingerprint density at radius 3 is 2.79 bits per heavy atom. The largest absolute Gasteiger partial charge is 0.389 e. The topological polar surface area (TPSA) is 67.2 Å². The van der Waals surface area contributed by atoms with Crippen molar-refractivity contribution in [3.05, 3.63) is 28.8 Å². The number of amides is 1. The molecule has 1 aromatic rings. The van der Waals surface area contributed by atoms with Gasteiger partial charge >= 0.3 is 0 Å². The maximum absolute atomic E-state index is 11.4. The lowest BCUT2D eigenvalue weighted by Crippen LogP contribution is -2.30. The summed E-state index contributed by atoms with van der Waals surface area (Å²) in [6.45, 7) is 1.17. The molecule has 2 rings (SSSR count). The lowest BCUT2D eigenvalue weighted by Gasteiger charge is -2.12. The van der Waals surface area contributed by atoms with Crippen molar-refractivity contribution in [1.82, 2.24) is 5.32 Å². The van der Waals surface area contributed by atoms with Crippen molar-refractivity contribution in [2.24, 2.45) is 11.7 Å². The molecule has 102 valence electrons. The molecule has 0 saturated heterocycles. The molecule has 0 atom stereocenters. The van der Waals surface area contributed by atoms with Crippen LogP contribution in [0.5, 0.6) is 0 Å². The van der Waals surface area contributed by atoms with Crippen LogP contribution in [-0.2, 0) is 4.79 Å². The Morgan fingerprint density at radius 2 is 2.16 bits per heavy atom. The van der Waals surface area contributed by atoms with E-state index in [4.69, 9.17) is 29.6 Å². The predicted octanol–water partition coefficient (Wildman–Crippen LogP) is 1.91. The van der Waals surface area contributed by atoms with Crippen LogP contribution in [0.3, 0.4) is 0 Å². The Balaban J connectivity index is 1.85. The van der Waals surface area contributed by atoms with Gasteiger partial charge in [0.15, 0.2) is 0 Å². The monoisotopic (exact) mass is 297 g/mol. The second-order valence-corrected chi connectivity index (χ2v) is 5.42. The van der Waals surface area contributed by atoms with Crippen LogP contribution in [-0.4, -0.2) is 24.0 Å². The Morgan fingerprint density at radius 1 is 1.42 bits per heavy atom. The average molecular weight is 298 g/mol. The molecular weight excluding hydrogens is 282 g/mol. The quantitative estimate of drug-likeness (QED) is 0.554. The third-order valence-electron chi connectivity index (χ3n) is 2.93. The number of nitrogens with two attached hydrogens (primary N) is 1. The molecule has 1 fully saturated rings. The molecule has 6 heteroatoms. The van der Waals surface area contributed by atoms with Gasteiger partial charge in [0.05, 0.1) is 0 Å². The summed E-state index contributed by atoms with van der Waals surface area (Å²) < 4.78 is 0. The van der Waals surface area contributed by atoms with Gasteiger partial charge in [-0.15, -0.1) is 0 Å². The van der Waals surface area contributed by atoms with Gasteiger partial charge in [0.25, 0.3) is 0 Å². The molecule has 4 nitrogen and oxygen atoms in total. The van der Waals surface area contributed by atoms with Gasteiger partial charge in [-0.05, 0) is 31.0 Å². The summed E-state index contributed by atoms with van der Waals surface area (Å²) >= 11 is 10.9. The van der Waals surface area contributed by atoms with Gasteiger partial charge in [-0.2, -0.15) is 0 Å². The summed E-state index contributed by atoms with van der Waals surface area (Å²) in [7, 11) is 0. The van der Waals surface area contributed by atoms with Crippen molar-refractivity contribution in [2.45, 2.75) is 12.8 Å². The number of carbonyl (C=O) groups excluding carboxylic acids is 1. The first-order chi connectivity index (χ1) is 9.08. The van der Waals surface area contributed by atoms with E-state index in [0.29, 0.717) is 23.1 Å². The highest BCUT2D eigenvalue weighted by Gasteiger charge is 2.28. The molecule has 0 aliphatic heterocycles. The fourth-order valence-corrected chi connectivity index (χ4v) is 2.10. The van der Waals surface area contributed by atoms with Crippen molar-refractivity contribution >= 4 is 40.4 Å². The summed E-state index contributed by atoms with van der Waals surface area (Å²) in [4.78, 5) is 11.8. The lowest BCUT2D eigenvalue weighted by molar-refractivity contribution is -0.122. The van der Waals surface area contributed by atoms with E-state index in [9.17, 15) is 4.79 Å². The zero-order valence-corrected chi connectivity index (χ0v) is 12.0. The van der Waals surface area contributed by atoms with Gasteiger partial charge in [0.2, 0.25) is 5.91 Å². The molecule has 0 unspecified atom stereocenters. The molecule has 4 N–H and O–H groups in total. The fraction of sp³-hybridized carbons (Fsp3) is 0.385. The number of anilines is 1. The molecule has 1 aromatic carbocycles. The number of hydrogen-bond donors (Lipinski definition) is 3. The van der Waals surface area contributed by atoms with Crippen LogP contribution in [0, 0.1) is 5.92 Å². The summed E-state index contributed by atoms with van der Waals surface area (Å²) in [5.74, 6) is 0.376. The van der Waals surface area contributed by atoms with Crippen molar-refractivity contribution in [3.8, 4) is 0 Å². The van der Waals surface area contributed by atoms with Gasteiger partial charge in [0, 0.05) is 35.3 Å². The fourth-order valence-electron chi connectivity index (χ4n) is 1.75. The summed E-state index contributed by atoms with van der Waals surface area (Å²) in [5.41, 5.74) is 7.19. The van der Waals surface area contributed by atoms with Gasteiger partial charge in [-0.3, -0.25) is 4.79 Å². The van der Waals surface area contributed by atoms with Crippen LogP contribution in [0.4, 0.5) is 5.69 Å². The van der Waals surface area contributed by atoms with Crippen LogP contribution in [0.15, 0.2) is 18.2 Å². The second kappa shape index (κ2) is 6.21. The third kappa shape index (κ3) is 4.08. The van der Waals surface area contributed by atoms with Crippen molar-refractivity contribution in [2.75, 3.05) is 18.4 Å². The zero-order valence-electron chi connectivity index (χ0n) is 10.4. The summed E-state index contributed by atoms with van der Waals surface area (Å²) in [6, 6.07) is 5.31. The first-order valence-electron chi connectivity index (χ1n) is 6.19. The maximum atomic E-state index is 11.4. The molecule has 1 aliphatic rings. The van der Waals surface area contributed by atoms with Crippen molar-refractivity contribution in [1.29, 1.82) is 0 Å². The molecule has 0 aromatic heterocycles. The number of nitrogens with one attached hydrogen (secondary N) is 2. The van der Waals surface area contributed by atoms with E-state index in [-0.39, 0.29) is 11.8 Å². The van der Waals surface area contributed by atoms with Gasteiger partial charge in [-0.1, -0.05) is 23.8 Å². The summed E-state index contributed by atoms with van der Waals surface area (Å²) in [6.07, 6.45) is 2.03. The van der Waals surface area contributed by atoms with E-state index < -0.39 is 0 Å². The van der Waals surface area contributed by atoms with E-state index in [1.54, 1.807) is 18.2 Å². The number of hydrogen-bond acceptors (Lipinski definition) is 3. The highest BCUT2D eigenvalue weighted by atomic mass is 35.5. The SMILES string of the molecule is NC(=S)c1ccc(Cl)cc1NCCNC(=O)C1CC1. The molecule has 1 aliphatic carbocycles. The van der Waals surface area contributed by atoms with E-state index in [0.717, 1.165) is 24.1 Å². The van der Waals surface area contributed by atoms with E-state index in [2.05, 4.69) is 10.6 Å². The predicted molar refractivity (Wildman–Crippen MR) is 81.6 cm³/mol. The average Bonchev–Trinajstić information content (AvgIpc) is 3.18. The van der Waals surface area contributed by atoms with E-state index >= 15 is 0 Å². The first-order valence-corrected chi connectivity index (χ1v) is 6.97. The number of benzene rings is 1. The molecule has 1 saturated carbocycles. The Hall–Kier alpha value is -1.33. The van der Waals surface area contributed by atoms with Crippen LogP contribution in [0.25, 0.3) is 0 Å². The van der Waals surface area contributed by atoms with Crippen LogP contribution in [0.2, 0.25) is 5.02 Å². The smallest absolute Gasteiger partial charge is 0.223 e. The molecular formula is C13H16ClN3OS.